The molecule has 0 heterocycles. The number of aliphatic hydroxyl groups is 1. The van der Waals surface area contributed by atoms with E-state index in [0.717, 1.165) is 38.5 Å². The lowest BCUT2D eigenvalue weighted by Gasteiger charge is -2.21. The molecule has 312 valence electrons. The smallest absolute Gasteiger partial charge is 0.267 e. The molecule has 7 heteroatoms. The highest BCUT2D eigenvalue weighted by Gasteiger charge is 2.24. The van der Waals surface area contributed by atoms with E-state index in [1.54, 1.807) is 6.08 Å². The summed E-state index contributed by atoms with van der Waals surface area (Å²) in [4.78, 5) is 12.5. The van der Waals surface area contributed by atoms with Gasteiger partial charge in [0.15, 0.2) is 0 Å². The second kappa shape index (κ2) is 40.2. The van der Waals surface area contributed by atoms with E-state index in [-0.39, 0.29) is 12.3 Å². The van der Waals surface area contributed by atoms with Gasteiger partial charge < -0.3 is 10.4 Å². The van der Waals surface area contributed by atoms with Crippen molar-refractivity contribution < 1.29 is 22.9 Å². The van der Waals surface area contributed by atoms with E-state index in [4.69, 9.17) is 0 Å². The van der Waals surface area contributed by atoms with Gasteiger partial charge in [0, 0.05) is 6.42 Å². The number of amides is 1. The first kappa shape index (κ1) is 51.6. The summed E-state index contributed by atoms with van der Waals surface area (Å²) < 4.78 is 32.5. The van der Waals surface area contributed by atoms with Gasteiger partial charge in [0.1, 0.15) is 0 Å². The predicted octanol–water partition coefficient (Wildman–Crippen LogP) is 13.7. The summed E-state index contributed by atoms with van der Waals surface area (Å²) in [6, 6.07) is -1.08. The third kappa shape index (κ3) is 41.6. The van der Waals surface area contributed by atoms with E-state index in [0.29, 0.717) is 6.42 Å². The molecule has 0 aliphatic rings. The predicted molar refractivity (Wildman–Crippen MR) is 230 cm³/mol. The molecule has 0 fully saturated rings. The lowest BCUT2D eigenvalue weighted by atomic mass is 10.0. The number of aliphatic hydroxyl groups excluding tert-OH is 1. The molecular formula is C46H87NO5S. The molecule has 0 aromatic heterocycles. The second-order valence-electron chi connectivity index (χ2n) is 15.7. The van der Waals surface area contributed by atoms with E-state index >= 15 is 0 Å². The maximum atomic E-state index is 12.5. The van der Waals surface area contributed by atoms with Crippen molar-refractivity contribution in [3.63, 3.8) is 0 Å². The van der Waals surface area contributed by atoms with Gasteiger partial charge in [-0.3, -0.25) is 9.35 Å². The van der Waals surface area contributed by atoms with Gasteiger partial charge in [-0.1, -0.05) is 217 Å². The first-order valence-electron chi connectivity index (χ1n) is 22.7. The second-order valence-corrected chi connectivity index (χ2v) is 17.2. The van der Waals surface area contributed by atoms with Crippen LogP contribution in [-0.2, 0) is 14.9 Å². The van der Waals surface area contributed by atoms with Crippen LogP contribution in [0.3, 0.4) is 0 Å². The molecule has 0 aromatic carbocycles. The van der Waals surface area contributed by atoms with Gasteiger partial charge in [-0.25, -0.2) is 0 Å². The Balaban J connectivity index is 3.87. The quantitative estimate of drug-likeness (QED) is 0.0327. The van der Waals surface area contributed by atoms with E-state index in [9.17, 15) is 22.9 Å². The topological polar surface area (TPSA) is 104 Å². The summed E-state index contributed by atoms with van der Waals surface area (Å²) in [6.07, 6.45) is 52.9. The van der Waals surface area contributed by atoms with E-state index in [1.165, 1.54) is 173 Å². The Morgan fingerprint density at radius 3 is 1.19 bits per heavy atom. The molecule has 0 radical (unpaired) electrons. The Kier molecular flexibility index (Phi) is 39.1. The van der Waals surface area contributed by atoms with E-state index in [2.05, 4.69) is 43.5 Å². The van der Waals surface area contributed by atoms with Crippen molar-refractivity contribution in [3.05, 3.63) is 36.5 Å². The van der Waals surface area contributed by atoms with Gasteiger partial charge in [-0.2, -0.15) is 8.42 Å². The molecule has 0 spiro atoms. The minimum atomic E-state index is -4.36. The van der Waals surface area contributed by atoms with Crippen molar-refractivity contribution >= 4 is 16.0 Å². The highest BCUT2D eigenvalue weighted by molar-refractivity contribution is 7.85. The Hall–Kier alpha value is -1.44. The van der Waals surface area contributed by atoms with Crippen LogP contribution in [0.2, 0.25) is 0 Å². The molecular weight excluding hydrogens is 679 g/mol. The van der Waals surface area contributed by atoms with Crippen molar-refractivity contribution in [1.29, 1.82) is 0 Å². The molecule has 53 heavy (non-hydrogen) atoms. The Bertz CT molecular complexity index is 976. The average Bonchev–Trinajstić information content (AvgIpc) is 3.12. The maximum absolute atomic E-state index is 12.5. The molecule has 0 aliphatic heterocycles. The van der Waals surface area contributed by atoms with Gasteiger partial charge in [0.2, 0.25) is 5.91 Å². The highest BCUT2D eigenvalue weighted by atomic mass is 32.2. The van der Waals surface area contributed by atoms with Gasteiger partial charge in [-0.05, 0) is 44.9 Å². The molecule has 0 aliphatic carbocycles. The summed E-state index contributed by atoms with van der Waals surface area (Å²) in [5, 5.41) is 13.2. The summed E-state index contributed by atoms with van der Waals surface area (Å²) in [7, 11) is -4.36. The lowest BCUT2D eigenvalue weighted by Crippen LogP contribution is -2.46. The Morgan fingerprint density at radius 1 is 0.491 bits per heavy atom. The van der Waals surface area contributed by atoms with Crippen LogP contribution < -0.4 is 5.32 Å². The number of carbonyl (C=O) groups excluding carboxylic acids is 1. The zero-order valence-electron chi connectivity index (χ0n) is 34.9. The molecule has 0 aromatic rings. The van der Waals surface area contributed by atoms with E-state index < -0.39 is 28.0 Å². The van der Waals surface area contributed by atoms with Crippen molar-refractivity contribution in [2.45, 2.75) is 244 Å². The van der Waals surface area contributed by atoms with Crippen molar-refractivity contribution in [2.75, 3.05) is 5.75 Å². The third-order valence-corrected chi connectivity index (χ3v) is 11.1. The van der Waals surface area contributed by atoms with Crippen LogP contribution in [0.4, 0.5) is 0 Å². The first-order valence-corrected chi connectivity index (χ1v) is 24.3. The van der Waals surface area contributed by atoms with Gasteiger partial charge in [0.05, 0.1) is 17.9 Å². The average molecular weight is 766 g/mol. The summed E-state index contributed by atoms with van der Waals surface area (Å²) in [5.41, 5.74) is 0. The first-order chi connectivity index (χ1) is 25.8. The third-order valence-electron chi connectivity index (χ3n) is 10.3. The van der Waals surface area contributed by atoms with Gasteiger partial charge in [0.25, 0.3) is 10.1 Å². The molecule has 0 saturated heterocycles. The number of unbranched alkanes of at least 4 members (excludes halogenated alkanes) is 29. The standard InChI is InChI=1S/C46H87NO5S/c1-3-5-7-9-11-13-15-17-19-21-22-23-24-25-26-28-30-32-34-36-38-40-42-46(49)47-44(43-53(50,51)52)45(48)41-39-37-35-33-31-29-27-20-18-16-14-12-10-8-6-4-2/h18,20,31,33,39,41,44-45,48H,3-17,19,21-30,32,34-38,40,42-43H2,1-2H3,(H,47,49)(H,50,51,52)/b20-18+,33-31+,41-39+. The van der Waals surface area contributed by atoms with Crippen LogP contribution in [0.25, 0.3) is 0 Å². The molecule has 0 bridgehead atoms. The molecule has 2 atom stereocenters. The number of rotatable bonds is 41. The fourth-order valence-corrected chi connectivity index (χ4v) is 7.63. The normalized spacial score (nSPS) is 13.5. The van der Waals surface area contributed by atoms with Gasteiger partial charge in [-0.15, -0.1) is 0 Å². The van der Waals surface area contributed by atoms with Crippen LogP contribution in [0.5, 0.6) is 0 Å². The molecule has 1 amide bonds. The van der Waals surface area contributed by atoms with Crippen LogP contribution in [0.1, 0.15) is 232 Å². The molecule has 0 saturated carbocycles. The monoisotopic (exact) mass is 766 g/mol. The zero-order chi connectivity index (χ0) is 38.9. The highest BCUT2D eigenvalue weighted by Crippen LogP contribution is 2.16. The SMILES string of the molecule is CCCCCCCC/C=C/CC/C=C/CC/C=C/C(O)C(CS(=O)(=O)O)NC(=O)CCCCCCCCCCCCCCCCCCCCCCCC. The largest absolute Gasteiger partial charge is 0.387 e. The Labute approximate surface area is 329 Å². The van der Waals surface area contributed by atoms with Gasteiger partial charge >= 0.3 is 0 Å². The number of nitrogens with one attached hydrogen (secondary N) is 1. The molecule has 6 nitrogen and oxygen atoms in total. The summed E-state index contributed by atoms with van der Waals surface area (Å²) in [5.74, 6) is -1.00. The minimum Gasteiger partial charge on any atom is -0.387 e. The molecule has 0 rings (SSSR count). The minimum absolute atomic E-state index is 0.288. The summed E-state index contributed by atoms with van der Waals surface area (Å²) >= 11 is 0. The van der Waals surface area contributed by atoms with Crippen molar-refractivity contribution in [1.82, 2.24) is 5.32 Å². The zero-order valence-corrected chi connectivity index (χ0v) is 35.7. The molecule has 3 N–H and O–H groups in total. The summed E-state index contributed by atoms with van der Waals surface area (Å²) in [6.45, 7) is 4.53. The number of carbonyl (C=O) groups is 1. The van der Waals surface area contributed by atoms with Crippen LogP contribution >= 0.6 is 0 Å². The van der Waals surface area contributed by atoms with Crippen LogP contribution in [0.15, 0.2) is 36.5 Å². The van der Waals surface area contributed by atoms with Crippen LogP contribution in [-0.4, -0.2) is 41.9 Å². The number of hydrogen-bond acceptors (Lipinski definition) is 4. The lowest BCUT2D eigenvalue weighted by molar-refractivity contribution is -0.122. The maximum Gasteiger partial charge on any atom is 0.267 e. The fourth-order valence-electron chi connectivity index (χ4n) is 6.89. The molecule has 2 unspecified atom stereocenters. The van der Waals surface area contributed by atoms with E-state index in [1.807, 2.05) is 0 Å². The van der Waals surface area contributed by atoms with Crippen molar-refractivity contribution in [2.24, 2.45) is 0 Å². The number of allylic oxidation sites excluding steroid dienone is 5. The fraction of sp³-hybridized carbons (Fsp3) is 0.848. The van der Waals surface area contributed by atoms with Crippen molar-refractivity contribution in [3.8, 4) is 0 Å². The Morgan fingerprint density at radius 2 is 0.811 bits per heavy atom. The van der Waals surface area contributed by atoms with Crippen LogP contribution in [0, 0.1) is 0 Å². The number of hydrogen-bond donors (Lipinski definition) is 3.